The third kappa shape index (κ3) is 7.65. The van der Waals surface area contributed by atoms with Crippen LogP contribution in [0.25, 0.3) is 0 Å². The summed E-state index contributed by atoms with van der Waals surface area (Å²) in [5.41, 5.74) is -1.95. The predicted molar refractivity (Wildman–Crippen MR) is 115 cm³/mol. The summed E-state index contributed by atoms with van der Waals surface area (Å²) in [6, 6.07) is 6.97. The second kappa shape index (κ2) is 10.5. The second-order valence-electron chi connectivity index (χ2n) is 8.03. The number of carbonyl (C=O) groups is 1. The zero-order valence-electron chi connectivity index (χ0n) is 18.6. The number of aryl methyl sites for hydroxylation is 2. The summed E-state index contributed by atoms with van der Waals surface area (Å²) in [5.74, 6) is -0.801. The Morgan fingerprint density at radius 1 is 1.21 bits per heavy atom. The maximum absolute atomic E-state index is 12.4. The lowest BCUT2D eigenvalue weighted by molar-refractivity contribution is -0.152. The Labute approximate surface area is 187 Å². The molecule has 12 heteroatoms. The maximum Gasteiger partial charge on any atom is 0.389 e. The van der Waals surface area contributed by atoms with Crippen LogP contribution >= 0.6 is 0 Å². The number of benzene rings is 1. The molecule has 2 N–H and O–H groups in total. The lowest BCUT2D eigenvalue weighted by atomic mass is 10.1. The van der Waals surface area contributed by atoms with Crippen LogP contribution in [0, 0.1) is 0 Å². The minimum absolute atomic E-state index is 0.121. The van der Waals surface area contributed by atoms with Crippen LogP contribution < -0.4 is 21.3 Å². The first-order valence-corrected chi connectivity index (χ1v) is 10.3. The van der Waals surface area contributed by atoms with E-state index in [1.54, 1.807) is 18.2 Å². The van der Waals surface area contributed by atoms with Crippen molar-refractivity contribution in [2.75, 3.05) is 11.9 Å². The highest BCUT2D eigenvalue weighted by Crippen LogP contribution is 2.22. The van der Waals surface area contributed by atoms with Gasteiger partial charge in [-0.25, -0.2) is 14.3 Å². The zero-order valence-corrected chi connectivity index (χ0v) is 18.6. The fraction of sp³-hybridized carbons (Fsp3) is 0.524. The molecule has 0 atom stereocenters. The van der Waals surface area contributed by atoms with Gasteiger partial charge in [0.15, 0.2) is 5.60 Å². The fourth-order valence-corrected chi connectivity index (χ4v) is 2.91. The molecule has 9 nitrogen and oxygen atoms in total. The number of nitrogens with one attached hydrogen (secondary N) is 1. The average Bonchev–Trinajstić information content (AvgIpc) is 2.71. The highest BCUT2D eigenvalue weighted by molar-refractivity contribution is 5.76. The van der Waals surface area contributed by atoms with Crippen LogP contribution in [0.1, 0.15) is 38.7 Å². The molecule has 1 aromatic heterocycles. The number of alkyl halides is 3. The standard InChI is InChI=1S/C21H27F3N4O5/c1-20(2,18(30)31)33-15-9-4-7-14(13-15)8-5-11-25-16-17(29)27(3)19(32)28(26-16)12-6-10-21(22,23)24/h4,7,9,13H,5-6,8,10-12H2,1-3H3,(H,25,26)(H,30,31). The summed E-state index contributed by atoms with van der Waals surface area (Å²) in [6.45, 7) is 2.94. The zero-order chi connectivity index (χ0) is 24.8. The number of hydrogen-bond donors (Lipinski definition) is 2. The Morgan fingerprint density at radius 2 is 1.91 bits per heavy atom. The van der Waals surface area contributed by atoms with Gasteiger partial charge in [0.2, 0.25) is 5.82 Å². The Balaban J connectivity index is 1.98. The van der Waals surface area contributed by atoms with Crippen molar-refractivity contribution in [3.8, 4) is 5.75 Å². The molecule has 1 aromatic carbocycles. The van der Waals surface area contributed by atoms with Gasteiger partial charge in [-0.05, 0) is 50.8 Å². The van der Waals surface area contributed by atoms with Gasteiger partial charge in [-0.2, -0.15) is 13.2 Å². The number of nitrogens with zero attached hydrogens (tertiary/aromatic N) is 3. The molecule has 0 saturated carbocycles. The topological polar surface area (TPSA) is 115 Å². The van der Waals surface area contributed by atoms with Gasteiger partial charge in [-0.1, -0.05) is 12.1 Å². The van der Waals surface area contributed by atoms with E-state index in [9.17, 15) is 32.7 Å². The van der Waals surface area contributed by atoms with Crippen LogP contribution in [0.5, 0.6) is 5.75 Å². The Hall–Kier alpha value is -3.31. The van der Waals surface area contributed by atoms with Gasteiger partial charge < -0.3 is 15.2 Å². The van der Waals surface area contributed by atoms with E-state index in [1.807, 2.05) is 6.07 Å². The first-order valence-electron chi connectivity index (χ1n) is 10.3. The normalized spacial score (nSPS) is 11.9. The largest absolute Gasteiger partial charge is 0.478 e. The smallest absolute Gasteiger partial charge is 0.389 e. The van der Waals surface area contributed by atoms with Gasteiger partial charge in [0.25, 0.3) is 5.56 Å². The van der Waals surface area contributed by atoms with Crippen molar-refractivity contribution < 1.29 is 27.8 Å². The summed E-state index contributed by atoms with van der Waals surface area (Å²) in [7, 11) is 1.24. The number of carboxylic acid groups (broad SMARTS) is 1. The summed E-state index contributed by atoms with van der Waals surface area (Å²) in [5, 5.41) is 15.9. The van der Waals surface area contributed by atoms with Crippen LogP contribution in [-0.2, 0) is 24.8 Å². The van der Waals surface area contributed by atoms with Crippen molar-refractivity contribution in [1.82, 2.24) is 14.3 Å². The summed E-state index contributed by atoms with van der Waals surface area (Å²) in [6.07, 6.45) is -4.59. The quantitative estimate of drug-likeness (QED) is 0.483. The number of ether oxygens (including phenoxy) is 1. The Bertz CT molecular complexity index is 1090. The molecule has 0 aliphatic rings. The first-order chi connectivity index (χ1) is 15.3. The van der Waals surface area contributed by atoms with Gasteiger partial charge in [0, 0.05) is 26.6 Å². The number of rotatable bonds is 11. The molecule has 2 rings (SSSR count). The van der Waals surface area contributed by atoms with Crippen molar-refractivity contribution in [3.05, 3.63) is 50.7 Å². The molecule has 0 aliphatic carbocycles. The molecule has 2 aromatic rings. The van der Waals surface area contributed by atoms with Crippen LogP contribution in [-0.4, -0.2) is 43.7 Å². The number of anilines is 1. The van der Waals surface area contributed by atoms with Gasteiger partial charge in [-0.3, -0.25) is 9.36 Å². The van der Waals surface area contributed by atoms with E-state index in [0.717, 1.165) is 14.8 Å². The van der Waals surface area contributed by atoms with E-state index >= 15 is 0 Å². The summed E-state index contributed by atoms with van der Waals surface area (Å²) < 4.78 is 44.2. The van der Waals surface area contributed by atoms with Crippen molar-refractivity contribution in [1.29, 1.82) is 0 Å². The van der Waals surface area contributed by atoms with E-state index in [4.69, 9.17) is 4.74 Å². The molecule has 0 amide bonds. The summed E-state index contributed by atoms with van der Waals surface area (Å²) >= 11 is 0. The number of aromatic nitrogens is 3. The monoisotopic (exact) mass is 472 g/mol. The molecule has 33 heavy (non-hydrogen) atoms. The van der Waals surface area contributed by atoms with Crippen LogP contribution in [0.4, 0.5) is 19.0 Å². The van der Waals surface area contributed by atoms with Gasteiger partial charge in [0.1, 0.15) is 5.75 Å². The van der Waals surface area contributed by atoms with Crippen molar-refractivity contribution in [3.63, 3.8) is 0 Å². The van der Waals surface area contributed by atoms with E-state index in [0.29, 0.717) is 25.1 Å². The van der Waals surface area contributed by atoms with E-state index in [-0.39, 0.29) is 18.8 Å². The number of carboxylic acids is 1. The molecule has 0 spiro atoms. The van der Waals surface area contributed by atoms with E-state index in [1.165, 1.54) is 20.9 Å². The molecule has 0 bridgehead atoms. The second-order valence-corrected chi connectivity index (χ2v) is 8.03. The van der Waals surface area contributed by atoms with Crippen LogP contribution in [0.15, 0.2) is 33.9 Å². The Morgan fingerprint density at radius 3 is 2.55 bits per heavy atom. The lowest BCUT2D eigenvalue weighted by Gasteiger charge is -2.21. The number of hydrogen-bond acceptors (Lipinski definition) is 6. The third-order valence-electron chi connectivity index (χ3n) is 4.79. The molecule has 0 fully saturated rings. The molecular formula is C21H27F3N4O5. The highest BCUT2D eigenvalue weighted by Gasteiger charge is 2.29. The highest BCUT2D eigenvalue weighted by atomic mass is 19.4. The molecule has 0 radical (unpaired) electrons. The van der Waals surface area contributed by atoms with Crippen molar-refractivity contribution >= 4 is 11.8 Å². The maximum atomic E-state index is 12.4. The Kier molecular flexibility index (Phi) is 8.29. The van der Waals surface area contributed by atoms with Gasteiger partial charge >= 0.3 is 17.8 Å². The van der Waals surface area contributed by atoms with Crippen LogP contribution in [0.3, 0.4) is 0 Å². The van der Waals surface area contributed by atoms with E-state index in [2.05, 4.69) is 10.4 Å². The lowest BCUT2D eigenvalue weighted by Crippen LogP contribution is -2.41. The molecule has 182 valence electrons. The van der Waals surface area contributed by atoms with Crippen molar-refractivity contribution in [2.45, 2.75) is 57.9 Å². The van der Waals surface area contributed by atoms with Gasteiger partial charge in [0.05, 0.1) is 0 Å². The summed E-state index contributed by atoms with van der Waals surface area (Å²) in [4.78, 5) is 35.6. The third-order valence-corrected chi connectivity index (χ3v) is 4.79. The predicted octanol–water partition coefficient (Wildman–Crippen LogP) is 2.57. The average molecular weight is 472 g/mol. The van der Waals surface area contributed by atoms with E-state index < -0.39 is 35.4 Å². The number of aliphatic carboxylic acids is 1. The molecular weight excluding hydrogens is 445 g/mol. The molecule has 1 heterocycles. The first kappa shape index (κ1) is 25.9. The van der Waals surface area contributed by atoms with Crippen molar-refractivity contribution in [2.24, 2.45) is 7.05 Å². The minimum atomic E-state index is -4.34. The minimum Gasteiger partial charge on any atom is -0.478 e. The fourth-order valence-electron chi connectivity index (χ4n) is 2.91. The number of halogens is 3. The molecule has 0 aliphatic heterocycles. The molecule has 0 unspecified atom stereocenters. The van der Waals surface area contributed by atoms with Gasteiger partial charge in [-0.15, -0.1) is 5.10 Å². The SMILES string of the molecule is Cn1c(=O)c(NCCCc2cccc(OC(C)(C)C(=O)O)c2)nn(CCCC(F)(F)F)c1=O. The molecule has 0 saturated heterocycles. The van der Waals surface area contributed by atoms with Crippen LogP contribution in [0.2, 0.25) is 0 Å².